The van der Waals surface area contributed by atoms with Gasteiger partial charge in [-0.1, -0.05) is 11.6 Å². The average Bonchev–Trinajstić information content (AvgIpc) is 2.93. The third-order valence-electron chi connectivity index (χ3n) is 2.40. The van der Waals surface area contributed by atoms with Crippen LogP contribution < -0.4 is 0 Å². The average molecular weight is 266 g/mol. The van der Waals surface area contributed by atoms with Gasteiger partial charge in [0, 0.05) is 4.88 Å². The molecule has 4 nitrogen and oxygen atoms in total. The Morgan fingerprint density at radius 2 is 2.18 bits per heavy atom. The number of thiophene rings is 1. The number of halogens is 1. The molecule has 0 saturated heterocycles. The molecule has 3 heterocycles. The molecule has 1 N–H and O–H groups in total. The lowest BCUT2D eigenvalue weighted by Crippen LogP contribution is -1.92. The van der Waals surface area contributed by atoms with Gasteiger partial charge in [-0.05, 0) is 24.3 Å². The molecule has 86 valence electrons. The molecule has 0 unspecified atom stereocenters. The first-order chi connectivity index (χ1) is 8.28. The van der Waals surface area contributed by atoms with Gasteiger partial charge in [0.1, 0.15) is 10.8 Å². The first-order valence-electron chi connectivity index (χ1n) is 4.98. The molecule has 0 saturated carbocycles. The minimum absolute atomic E-state index is 0.0512. The van der Waals surface area contributed by atoms with Crippen LogP contribution >= 0.6 is 22.9 Å². The molecule has 0 amide bonds. The van der Waals surface area contributed by atoms with Crippen LogP contribution in [0.3, 0.4) is 0 Å². The molecule has 0 aliphatic rings. The van der Waals surface area contributed by atoms with Crippen LogP contribution in [0.1, 0.15) is 4.88 Å². The van der Waals surface area contributed by atoms with E-state index in [9.17, 15) is 0 Å². The molecule has 3 rings (SSSR count). The van der Waals surface area contributed by atoms with Crippen LogP contribution in [0.25, 0.3) is 16.2 Å². The van der Waals surface area contributed by atoms with Gasteiger partial charge in [0.2, 0.25) is 0 Å². The van der Waals surface area contributed by atoms with Gasteiger partial charge in [0.05, 0.1) is 17.7 Å². The fraction of sp³-hybridized carbons (Fsp3) is 0.0909. The van der Waals surface area contributed by atoms with Gasteiger partial charge in [-0.2, -0.15) is 5.10 Å². The maximum atomic E-state index is 9.06. The predicted octanol–water partition coefficient (Wildman–Crippen LogP) is 2.60. The zero-order valence-corrected chi connectivity index (χ0v) is 10.2. The van der Waals surface area contributed by atoms with Crippen LogP contribution in [-0.4, -0.2) is 19.7 Å². The smallest absolute Gasteiger partial charge is 0.154 e. The van der Waals surface area contributed by atoms with Gasteiger partial charge in [-0.25, -0.2) is 9.50 Å². The van der Waals surface area contributed by atoms with Crippen molar-refractivity contribution in [2.45, 2.75) is 6.61 Å². The van der Waals surface area contributed by atoms with E-state index in [1.807, 2.05) is 18.2 Å². The van der Waals surface area contributed by atoms with Crippen LogP contribution in [0.2, 0.25) is 5.15 Å². The summed E-state index contributed by atoms with van der Waals surface area (Å²) >= 11 is 7.39. The molecule has 3 aromatic heterocycles. The molecule has 0 fully saturated rings. The number of imidazole rings is 1. The Labute approximate surface area is 106 Å². The van der Waals surface area contributed by atoms with Gasteiger partial charge in [0.15, 0.2) is 5.65 Å². The van der Waals surface area contributed by atoms with E-state index in [0.29, 0.717) is 5.15 Å². The predicted molar refractivity (Wildman–Crippen MR) is 67.2 cm³/mol. The van der Waals surface area contributed by atoms with Gasteiger partial charge in [0.25, 0.3) is 0 Å². The normalized spacial score (nSPS) is 11.2. The van der Waals surface area contributed by atoms with Crippen molar-refractivity contribution in [3.63, 3.8) is 0 Å². The molecule has 3 aromatic rings. The van der Waals surface area contributed by atoms with E-state index in [1.54, 1.807) is 16.8 Å². The maximum absolute atomic E-state index is 9.06. The summed E-state index contributed by atoms with van der Waals surface area (Å²) in [6.07, 6.45) is 1.76. The van der Waals surface area contributed by atoms with Gasteiger partial charge in [-0.3, -0.25) is 0 Å². The number of fused-ring (bicyclic) bond motifs is 1. The second-order valence-electron chi connectivity index (χ2n) is 3.49. The summed E-state index contributed by atoms with van der Waals surface area (Å²) in [5, 5.41) is 13.7. The lowest BCUT2D eigenvalue weighted by molar-refractivity contribution is 0.285. The van der Waals surface area contributed by atoms with Crippen molar-refractivity contribution in [1.29, 1.82) is 0 Å². The maximum Gasteiger partial charge on any atom is 0.154 e. The highest BCUT2D eigenvalue weighted by atomic mass is 35.5. The number of nitrogens with zero attached hydrogens (tertiary/aromatic N) is 3. The highest BCUT2D eigenvalue weighted by Gasteiger charge is 2.09. The van der Waals surface area contributed by atoms with E-state index in [1.165, 1.54) is 11.3 Å². The van der Waals surface area contributed by atoms with Crippen molar-refractivity contribution in [3.8, 4) is 10.6 Å². The summed E-state index contributed by atoms with van der Waals surface area (Å²) in [6.45, 7) is 0.0512. The van der Waals surface area contributed by atoms with E-state index < -0.39 is 0 Å². The van der Waals surface area contributed by atoms with Crippen LogP contribution in [0.4, 0.5) is 0 Å². The van der Waals surface area contributed by atoms with Crippen LogP contribution in [0.5, 0.6) is 0 Å². The minimum atomic E-state index is 0.0512. The molecule has 17 heavy (non-hydrogen) atoms. The van der Waals surface area contributed by atoms with E-state index in [0.717, 1.165) is 21.1 Å². The molecular formula is C11H8ClN3OS. The van der Waals surface area contributed by atoms with E-state index in [-0.39, 0.29) is 6.61 Å². The summed E-state index contributed by atoms with van der Waals surface area (Å²) in [6, 6.07) is 7.37. The van der Waals surface area contributed by atoms with Gasteiger partial charge < -0.3 is 5.11 Å². The van der Waals surface area contributed by atoms with Gasteiger partial charge in [-0.15, -0.1) is 11.3 Å². The van der Waals surface area contributed by atoms with Crippen LogP contribution in [-0.2, 0) is 6.61 Å². The Bertz CT molecular complexity index is 676. The fourth-order valence-electron chi connectivity index (χ4n) is 1.62. The van der Waals surface area contributed by atoms with Crippen LogP contribution in [0, 0.1) is 0 Å². The summed E-state index contributed by atoms with van der Waals surface area (Å²) < 4.78 is 1.70. The lowest BCUT2D eigenvalue weighted by Gasteiger charge is -1.97. The second-order valence-corrected chi connectivity index (χ2v) is 5.05. The summed E-state index contributed by atoms with van der Waals surface area (Å²) in [5.41, 5.74) is 1.63. The van der Waals surface area contributed by atoms with Crippen molar-refractivity contribution in [1.82, 2.24) is 14.6 Å². The largest absolute Gasteiger partial charge is 0.391 e. The zero-order chi connectivity index (χ0) is 11.8. The molecule has 0 aromatic carbocycles. The molecule has 0 aliphatic carbocycles. The molecule has 0 aliphatic heterocycles. The first kappa shape index (κ1) is 10.7. The fourth-order valence-corrected chi connectivity index (χ4v) is 2.62. The highest BCUT2D eigenvalue weighted by Crippen LogP contribution is 2.28. The number of aromatic nitrogens is 3. The molecule has 0 spiro atoms. The molecule has 0 radical (unpaired) electrons. The first-order valence-corrected chi connectivity index (χ1v) is 6.17. The number of hydrogen-bond donors (Lipinski definition) is 1. The van der Waals surface area contributed by atoms with E-state index >= 15 is 0 Å². The monoisotopic (exact) mass is 265 g/mol. The van der Waals surface area contributed by atoms with E-state index in [4.69, 9.17) is 16.7 Å². The SMILES string of the molecule is OCc1ccc(-c2cnc3ccc(Cl)nn23)s1. The van der Waals surface area contributed by atoms with Crippen LogP contribution in [0.15, 0.2) is 30.5 Å². The van der Waals surface area contributed by atoms with Crippen molar-refractivity contribution in [3.05, 3.63) is 40.5 Å². The van der Waals surface area contributed by atoms with Crippen molar-refractivity contribution in [2.24, 2.45) is 0 Å². The summed E-state index contributed by atoms with van der Waals surface area (Å²) in [7, 11) is 0. The second kappa shape index (κ2) is 4.10. The molecule has 0 atom stereocenters. The molecular weight excluding hydrogens is 258 g/mol. The Hall–Kier alpha value is -1.43. The number of hydrogen-bond acceptors (Lipinski definition) is 4. The third kappa shape index (κ3) is 1.82. The standard InChI is InChI=1S/C11H8ClN3OS/c12-10-3-4-11-13-5-8(15(11)14-10)9-2-1-7(6-16)17-9/h1-5,16H,6H2. The summed E-state index contributed by atoms with van der Waals surface area (Å²) in [5.74, 6) is 0. The highest BCUT2D eigenvalue weighted by molar-refractivity contribution is 7.15. The van der Waals surface area contributed by atoms with Gasteiger partial charge >= 0.3 is 0 Å². The van der Waals surface area contributed by atoms with Crippen molar-refractivity contribution < 1.29 is 5.11 Å². The molecule has 6 heteroatoms. The number of aliphatic hydroxyl groups excluding tert-OH is 1. The Morgan fingerprint density at radius 3 is 2.94 bits per heavy atom. The summed E-state index contributed by atoms with van der Waals surface area (Å²) in [4.78, 5) is 6.18. The van der Waals surface area contributed by atoms with Crippen molar-refractivity contribution >= 4 is 28.6 Å². The van der Waals surface area contributed by atoms with E-state index in [2.05, 4.69) is 10.1 Å². The Morgan fingerprint density at radius 1 is 1.29 bits per heavy atom. The number of rotatable bonds is 2. The lowest BCUT2D eigenvalue weighted by atomic mass is 10.3. The number of aliphatic hydroxyl groups is 1. The molecule has 0 bridgehead atoms. The van der Waals surface area contributed by atoms with Crippen molar-refractivity contribution in [2.75, 3.05) is 0 Å². The third-order valence-corrected chi connectivity index (χ3v) is 3.69. The topological polar surface area (TPSA) is 50.4 Å². The quantitative estimate of drug-likeness (QED) is 0.775. The zero-order valence-electron chi connectivity index (χ0n) is 8.67. The minimum Gasteiger partial charge on any atom is -0.391 e. The Kier molecular flexibility index (Phi) is 2.58. The Balaban J connectivity index is 2.19.